The number of thiocarbonyl (C=S) groups is 1. The van der Waals surface area contributed by atoms with Crippen LogP contribution in [0.3, 0.4) is 0 Å². The average Bonchev–Trinajstić information content (AvgIpc) is 3.54. The zero-order valence-corrected chi connectivity index (χ0v) is 20.1. The van der Waals surface area contributed by atoms with Gasteiger partial charge in [-0.05, 0) is 48.8 Å². The maximum atomic E-state index is 6.04. The molecule has 6 nitrogen and oxygen atoms in total. The van der Waals surface area contributed by atoms with Gasteiger partial charge < -0.3 is 24.1 Å². The molecule has 174 valence electrons. The molecule has 0 saturated carbocycles. The number of anilines is 1. The molecule has 2 aromatic carbocycles. The SMILES string of the molecule is CCNC(=S)N(Cc1ccco1)Cc1c(-c2ccccc2)noc1N1CCc2ccccc2C1. The second kappa shape index (κ2) is 10.1. The van der Waals surface area contributed by atoms with Crippen LogP contribution in [0.15, 0.2) is 81.9 Å². The number of hydrogen-bond acceptors (Lipinski definition) is 5. The average molecular weight is 473 g/mol. The highest BCUT2D eigenvalue weighted by Gasteiger charge is 2.27. The minimum atomic E-state index is 0.549. The van der Waals surface area contributed by atoms with E-state index in [9.17, 15) is 0 Å². The third-order valence-electron chi connectivity index (χ3n) is 6.12. The van der Waals surface area contributed by atoms with E-state index in [1.54, 1.807) is 6.26 Å². The Morgan fingerprint density at radius 3 is 2.59 bits per heavy atom. The van der Waals surface area contributed by atoms with Crippen LogP contribution < -0.4 is 10.2 Å². The van der Waals surface area contributed by atoms with Crippen molar-refractivity contribution in [3.8, 4) is 11.3 Å². The third kappa shape index (κ3) is 4.70. The molecule has 0 radical (unpaired) electrons. The van der Waals surface area contributed by atoms with Crippen LogP contribution in [0.4, 0.5) is 5.88 Å². The summed E-state index contributed by atoms with van der Waals surface area (Å²) in [4.78, 5) is 4.40. The van der Waals surface area contributed by atoms with E-state index in [1.807, 2.05) is 37.3 Å². The quantitative estimate of drug-likeness (QED) is 0.362. The van der Waals surface area contributed by atoms with Gasteiger partial charge in [0.05, 0.1) is 24.9 Å². The number of aromatic nitrogens is 1. The largest absolute Gasteiger partial charge is 0.467 e. The predicted molar refractivity (Wildman–Crippen MR) is 137 cm³/mol. The van der Waals surface area contributed by atoms with Crippen LogP contribution in [0.25, 0.3) is 11.3 Å². The summed E-state index contributed by atoms with van der Waals surface area (Å²) in [6.45, 7) is 5.57. The number of benzene rings is 2. The van der Waals surface area contributed by atoms with Gasteiger partial charge in [0.2, 0.25) is 5.88 Å². The lowest BCUT2D eigenvalue weighted by atomic mass is 9.99. The molecule has 0 fully saturated rings. The van der Waals surface area contributed by atoms with Crippen molar-refractivity contribution in [2.45, 2.75) is 33.0 Å². The van der Waals surface area contributed by atoms with Crippen molar-refractivity contribution in [2.75, 3.05) is 18.0 Å². The smallest absolute Gasteiger partial charge is 0.233 e. The van der Waals surface area contributed by atoms with Crippen LogP contribution in [-0.4, -0.2) is 28.3 Å². The Morgan fingerprint density at radius 1 is 1.03 bits per heavy atom. The standard InChI is InChI=1S/C27H28N4O2S/c1-2-28-27(34)31(18-23-13-8-16-32-23)19-24-25(21-10-4-3-5-11-21)29-33-26(24)30-15-14-20-9-6-7-12-22(20)17-30/h3-13,16H,2,14-15,17-19H2,1H3,(H,28,34). The lowest BCUT2D eigenvalue weighted by Crippen LogP contribution is -2.39. The second-order valence-electron chi connectivity index (χ2n) is 8.39. The van der Waals surface area contributed by atoms with Crippen LogP contribution in [0, 0.1) is 0 Å². The molecule has 0 atom stereocenters. The molecule has 1 N–H and O–H groups in total. The summed E-state index contributed by atoms with van der Waals surface area (Å²) < 4.78 is 11.7. The van der Waals surface area contributed by atoms with Gasteiger partial charge in [0, 0.05) is 25.2 Å². The first-order valence-corrected chi connectivity index (χ1v) is 12.0. The van der Waals surface area contributed by atoms with E-state index in [-0.39, 0.29) is 0 Å². The van der Waals surface area contributed by atoms with Crippen molar-refractivity contribution in [1.29, 1.82) is 0 Å². The minimum absolute atomic E-state index is 0.549. The molecule has 3 heterocycles. The van der Waals surface area contributed by atoms with Crippen LogP contribution in [-0.2, 0) is 26.1 Å². The first-order chi connectivity index (χ1) is 16.7. The highest BCUT2D eigenvalue weighted by molar-refractivity contribution is 7.80. The third-order valence-corrected chi connectivity index (χ3v) is 6.53. The monoisotopic (exact) mass is 472 g/mol. The van der Waals surface area contributed by atoms with Gasteiger partial charge in [0.25, 0.3) is 0 Å². The molecule has 5 rings (SSSR count). The zero-order valence-electron chi connectivity index (χ0n) is 19.2. The Kier molecular flexibility index (Phi) is 6.62. The number of hydrogen-bond donors (Lipinski definition) is 1. The van der Waals surface area contributed by atoms with Gasteiger partial charge in [-0.3, -0.25) is 0 Å². The zero-order chi connectivity index (χ0) is 23.3. The van der Waals surface area contributed by atoms with Crippen molar-refractivity contribution in [2.24, 2.45) is 0 Å². The molecule has 0 amide bonds. The van der Waals surface area contributed by atoms with Crippen LogP contribution >= 0.6 is 12.2 Å². The summed E-state index contributed by atoms with van der Waals surface area (Å²) in [7, 11) is 0. The minimum Gasteiger partial charge on any atom is -0.467 e. The van der Waals surface area contributed by atoms with Gasteiger partial charge in [-0.1, -0.05) is 59.8 Å². The highest BCUT2D eigenvalue weighted by Crippen LogP contribution is 2.35. The first kappa shape index (κ1) is 22.2. The van der Waals surface area contributed by atoms with Crippen LogP contribution in [0.1, 0.15) is 29.4 Å². The van der Waals surface area contributed by atoms with Gasteiger partial charge in [-0.2, -0.15) is 0 Å². The van der Waals surface area contributed by atoms with Gasteiger partial charge >= 0.3 is 0 Å². The fourth-order valence-electron chi connectivity index (χ4n) is 4.43. The molecule has 34 heavy (non-hydrogen) atoms. The van der Waals surface area contributed by atoms with Gasteiger partial charge in [0.15, 0.2) is 5.11 Å². The van der Waals surface area contributed by atoms with E-state index in [0.29, 0.717) is 18.2 Å². The fraction of sp³-hybridized carbons (Fsp3) is 0.259. The highest BCUT2D eigenvalue weighted by atomic mass is 32.1. The Bertz CT molecular complexity index is 1240. The van der Waals surface area contributed by atoms with E-state index in [4.69, 9.17) is 21.2 Å². The summed E-state index contributed by atoms with van der Waals surface area (Å²) in [6, 6.07) is 22.7. The van der Waals surface area contributed by atoms with Gasteiger partial charge in [0.1, 0.15) is 11.5 Å². The van der Waals surface area contributed by atoms with Crippen LogP contribution in [0.5, 0.6) is 0 Å². The van der Waals surface area contributed by atoms with E-state index in [0.717, 1.165) is 54.5 Å². The lowest BCUT2D eigenvalue weighted by molar-refractivity contribution is 0.350. The molecule has 7 heteroatoms. The summed E-state index contributed by atoms with van der Waals surface area (Å²) >= 11 is 5.74. The van der Waals surface area contributed by atoms with Crippen molar-refractivity contribution in [3.63, 3.8) is 0 Å². The van der Waals surface area contributed by atoms with E-state index in [2.05, 4.69) is 56.7 Å². The molecule has 0 aliphatic carbocycles. The number of fused-ring (bicyclic) bond motifs is 1. The number of rotatable bonds is 7. The van der Waals surface area contributed by atoms with Gasteiger partial charge in [-0.15, -0.1) is 0 Å². The number of furan rings is 1. The molecule has 0 spiro atoms. The summed E-state index contributed by atoms with van der Waals surface area (Å²) in [6.07, 6.45) is 2.66. The molecular weight excluding hydrogens is 444 g/mol. The maximum absolute atomic E-state index is 6.04. The Hall–Kier alpha value is -3.58. The topological polar surface area (TPSA) is 57.7 Å². The lowest BCUT2D eigenvalue weighted by Gasteiger charge is -2.30. The Morgan fingerprint density at radius 2 is 1.82 bits per heavy atom. The second-order valence-corrected chi connectivity index (χ2v) is 8.78. The van der Waals surface area contributed by atoms with Crippen molar-refractivity contribution >= 4 is 23.2 Å². The number of nitrogens with zero attached hydrogens (tertiary/aromatic N) is 3. The van der Waals surface area contributed by atoms with Crippen LogP contribution in [0.2, 0.25) is 0 Å². The number of nitrogens with one attached hydrogen (secondary N) is 1. The molecule has 0 saturated heterocycles. The Labute approximate surface area is 205 Å². The molecule has 4 aromatic rings. The molecule has 1 aliphatic rings. The summed E-state index contributed by atoms with van der Waals surface area (Å²) in [5.74, 6) is 1.66. The van der Waals surface area contributed by atoms with Crippen molar-refractivity contribution in [1.82, 2.24) is 15.4 Å². The van der Waals surface area contributed by atoms with E-state index >= 15 is 0 Å². The molecule has 2 aromatic heterocycles. The molecule has 0 bridgehead atoms. The summed E-state index contributed by atoms with van der Waals surface area (Å²) in [5.41, 5.74) is 5.62. The van der Waals surface area contributed by atoms with E-state index in [1.165, 1.54) is 11.1 Å². The molecule has 1 aliphatic heterocycles. The van der Waals surface area contributed by atoms with Gasteiger partial charge in [-0.25, -0.2) is 0 Å². The van der Waals surface area contributed by atoms with Crippen molar-refractivity contribution in [3.05, 3.63) is 95.4 Å². The molecule has 0 unspecified atom stereocenters. The first-order valence-electron chi connectivity index (χ1n) is 11.6. The summed E-state index contributed by atoms with van der Waals surface area (Å²) in [5, 5.41) is 8.51. The maximum Gasteiger partial charge on any atom is 0.233 e. The fourth-order valence-corrected chi connectivity index (χ4v) is 4.70. The normalized spacial score (nSPS) is 12.9. The van der Waals surface area contributed by atoms with Crippen molar-refractivity contribution < 1.29 is 8.94 Å². The Balaban J connectivity index is 1.52. The van der Waals surface area contributed by atoms with E-state index < -0.39 is 0 Å². The molecular formula is C27H28N4O2S. The predicted octanol–water partition coefficient (Wildman–Crippen LogP) is 5.39.